The number of anilines is 1. The summed E-state index contributed by atoms with van der Waals surface area (Å²) in [4.78, 5) is 25.1. The van der Waals surface area contributed by atoms with Crippen LogP contribution in [-0.2, 0) is 6.54 Å². The Morgan fingerprint density at radius 2 is 1.81 bits per heavy atom. The minimum absolute atomic E-state index is 0.194. The van der Waals surface area contributed by atoms with Crippen LogP contribution in [0.2, 0.25) is 0 Å². The predicted molar refractivity (Wildman–Crippen MR) is 124 cm³/mol. The maximum Gasteiger partial charge on any atom is 0.271 e. The van der Waals surface area contributed by atoms with Gasteiger partial charge in [-0.1, -0.05) is 18.2 Å². The number of phenolic OH excluding ortho intramolecular Hbond substituents is 1. The molecule has 0 spiro atoms. The molecule has 3 aromatic rings. The number of benzene rings is 1. The Morgan fingerprint density at radius 3 is 2.53 bits per heavy atom. The summed E-state index contributed by atoms with van der Waals surface area (Å²) in [5.74, 6) is 0.866. The van der Waals surface area contributed by atoms with Gasteiger partial charge in [-0.2, -0.15) is 5.10 Å². The Hall–Kier alpha value is -3.78. The summed E-state index contributed by atoms with van der Waals surface area (Å²) in [6, 6.07) is 14.8. The topological polar surface area (TPSA) is 94.0 Å². The van der Waals surface area contributed by atoms with E-state index in [2.05, 4.69) is 30.3 Å². The van der Waals surface area contributed by atoms with E-state index in [9.17, 15) is 9.90 Å². The number of aromatic hydroxyl groups is 1. The number of hydrogen-bond donors (Lipinski definition) is 2. The fourth-order valence-corrected chi connectivity index (χ4v) is 3.69. The molecule has 0 aliphatic carbocycles. The van der Waals surface area contributed by atoms with Crippen LogP contribution in [0, 0.1) is 0 Å². The standard InChI is InChI=1S/C24H26N6O2/c1-18(27-28-24(32)19-8-11-25-12-9-19)21-6-4-5-20(23(21)31)17-29-13-15-30(16-14-29)22-7-2-3-10-26-22/h2-12,31H,13-17H2,1H3,(H,28,32)/b27-18+. The zero-order valence-corrected chi connectivity index (χ0v) is 18.0. The predicted octanol–water partition coefficient (Wildman–Crippen LogP) is 2.66. The van der Waals surface area contributed by atoms with E-state index in [-0.39, 0.29) is 11.7 Å². The fraction of sp³-hybridized carbons (Fsp3) is 0.250. The van der Waals surface area contributed by atoms with Crippen LogP contribution in [-0.4, -0.2) is 57.8 Å². The maximum atomic E-state index is 12.2. The van der Waals surface area contributed by atoms with Crippen LogP contribution in [0.25, 0.3) is 0 Å². The van der Waals surface area contributed by atoms with Crippen LogP contribution in [0.3, 0.4) is 0 Å². The molecule has 2 aromatic heterocycles. The number of carbonyl (C=O) groups excluding carboxylic acids is 1. The van der Waals surface area contributed by atoms with Gasteiger partial charge in [0.2, 0.25) is 0 Å². The molecule has 8 heteroatoms. The van der Waals surface area contributed by atoms with Gasteiger partial charge in [-0.05, 0) is 37.3 Å². The van der Waals surface area contributed by atoms with Gasteiger partial charge >= 0.3 is 0 Å². The van der Waals surface area contributed by atoms with E-state index in [4.69, 9.17) is 0 Å². The molecule has 0 bridgehead atoms. The number of nitrogens with zero attached hydrogens (tertiary/aromatic N) is 5. The second kappa shape index (κ2) is 10.0. The van der Waals surface area contributed by atoms with E-state index in [1.54, 1.807) is 37.5 Å². The van der Waals surface area contributed by atoms with Gasteiger partial charge in [0.25, 0.3) is 5.91 Å². The normalized spacial score (nSPS) is 14.9. The van der Waals surface area contributed by atoms with Crippen molar-refractivity contribution in [2.45, 2.75) is 13.5 Å². The molecule has 32 heavy (non-hydrogen) atoms. The van der Waals surface area contributed by atoms with Crippen LogP contribution in [0.15, 0.2) is 72.2 Å². The van der Waals surface area contributed by atoms with Crippen molar-refractivity contribution >= 4 is 17.4 Å². The molecular weight excluding hydrogens is 404 g/mol. The third-order valence-electron chi connectivity index (χ3n) is 5.52. The number of para-hydroxylation sites is 1. The number of amides is 1. The molecule has 1 saturated heterocycles. The van der Waals surface area contributed by atoms with Gasteiger partial charge in [-0.15, -0.1) is 0 Å². The summed E-state index contributed by atoms with van der Waals surface area (Å²) in [6.45, 7) is 5.95. The van der Waals surface area contributed by atoms with Crippen molar-refractivity contribution in [3.8, 4) is 5.75 Å². The van der Waals surface area contributed by atoms with Gasteiger partial charge in [0.15, 0.2) is 0 Å². The van der Waals surface area contributed by atoms with E-state index < -0.39 is 0 Å². The third-order valence-corrected chi connectivity index (χ3v) is 5.52. The molecule has 0 saturated carbocycles. The first-order valence-electron chi connectivity index (χ1n) is 10.6. The molecule has 8 nitrogen and oxygen atoms in total. The highest BCUT2D eigenvalue weighted by Crippen LogP contribution is 2.25. The van der Waals surface area contributed by atoms with Crippen LogP contribution in [0.5, 0.6) is 5.75 Å². The monoisotopic (exact) mass is 430 g/mol. The van der Waals surface area contributed by atoms with Gasteiger partial charge < -0.3 is 10.0 Å². The lowest BCUT2D eigenvalue weighted by Crippen LogP contribution is -2.46. The zero-order chi connectivity index (χ0) is 22.3. The van der Waals surface area contributed by atoms with E-state index >= 15 is 0 Å². The lowest BCUT2D eigenvalue weighted by Gasteiger charge is -2.35. The van der Waals surface area contributed by atoms with Crippen molar-refractivity contribution in [3.05, 3.63) is 83.8 Å². The molecule has 2 N–H and O–H groups in total. The van der Waals surface area contributed by atoms with E-state index in [0.717, 1.165) is 37.6 Å². The lowest BCUT2D eigenvalue weighted by atomic mass is 10.0. The SMILES string of the molecule is C/C(=N\NC(=O)c1ccncc1)c1cccc(CN2CCN(c3ccccn3)CC2)c1O. The van der Waals surface area contributed by atoms with Crippen molar-refractivity contribution in [3.63, 3.8) is 0 Å². The van der Waals surface area contributed by atoms with Gasteiger partial charge in [0.1, 0.15) is 11.6 Å². The van der Waals surface area contributed by atoms with Crippen LogP contribution in [0.1, 0.15) is 28.4 Å². The number of phenols is 1. The van der Waals surface area contributed by atoms with Gasteiger partial charge in [-0.3, -0.25) is 14.7 Å². The largest absolute Gasteiger partial charge is 0.507 e. The number of nitrogens with one attached hydrogen (secondary N) is 1. The summed E-state index contributed by atoms with van der Waals surface area (Å²) < 4.78 is 0. The lowest BCUT2D eigenvalue weighted by molar-refractivity contribution is 0.0954. The second-order valence-corrected chi connectivity index (χ2v) is 7.64. The number of hydrazone groups is 1. The quantitative estimate of drug-likeness (QED) is 0.461. The first-order chi connectivity index (χ1) is 15.6. The first-order valence-corrected chi connectivity index (χ1v) is 10.6. The third kappa shape index (κ3) is 5.09. The minimum atomic E-state index is -0.326. The fourth-order valence-electron chi connectivity index (χ4n) is 3.69. The highest BCUT2D eigenvalue weighted by molar-refractivity contribution is 6.02. The summed E-state index contributed by atoms with van der Waals surface area (Å²) in [5, 5.41) is 15.0. The number of hydrogen-bond acceptors (Lipinski definition) is 7. The smallest absolute Gasteiger partial charge is 0.271 e. The summed E-state index contributed by atoms with van der Waals surface area (Å²) >= 11 is 0. The average molecular weight is 431 g/mol. The molecule has 1 aromatic carbocycles. The van der Waals surface area contributed by atoms with Crippen molar-refractivity contribution in [1.29, 1.82) is 0 Å². The molecule has 0 atom stereocenters. The van der Waals surface area contributed by atoms with E-state index in [1.165, 1.54) is 0 Å². The second-order valence-electron chi connectivity index (χ2n) is 7.64. The van der Waals surface area contributed by atoms with Crippen molar-refractivity contribution in [1.82, 2.24) is 20.3 Å². The van der Waals surface area contributed by atoms with E-state index in [0.29, 0.717) is 23.4 Å². The first kappa shape index (κ1) is 21.5. The zero-order valence-electron chi connectivity index (χ0n) is 18.0. The average Bonchev–Trinajstić information content (AvgIpc) is 2.85. The number of piperazine rings is 1. The summed E-state index contributed by atoms with van der Waals surface area (Å²) in [5.41, 5.74) is 4.98. The van der Waals surface area contributed by atoms with Gasteiger partial charge in [0.05, 0.1) is 5.71 Å². The highest BCUT2D eigenvalue weighted by atomic mass is 16.3. The van der Waals surface area contributed by atoms with Crippen molar-refractivity contribution in [2.24, 2.45) is 5.10 Å². The van der Waals surface area contributed by atoms with Crippen LogP contribution in [0.4, 0.5) is 5.82 Å². The molecule has 0 radical (unpaired) electrons. The molecular formula is C24H26N6O2. The molecule has 1 aliphatic rings. The molecule has 1 aliphatic heterocycles. The Balaban J connectivity index is 1.39. The van der Waals surface area contributed by atoms with Gasteiger partial charge in [-0.25, -0.2) is 10.4 Å². The Labute approximate surface area is 187 Å². The Bertz CT molecular complexity index is 1080. The number of pyridine rings is 2. The molecule has 1 amide bonds. The molecule has 3 heterocycles. The van der Waals surface area contributed by atoms with Crippen molar-refractivity contribution in [2.75, 3.05) is 31.1 Å². The number of aromatic nitrogens is 2. The van der Waals surface area contributed by atoms with Gasteiger partial charge in [0, 0.05) is 68.0 Å². The number of carbonyl (C=O) groups is 1. The van der Waals surface area contributed by atoms with Crippen LogP contribution >= 0.6 is 0 Å². The molecule has 1 fully saturated rings. The summed E-state index contributed by atoms with van der Waals surface area (Å²) in [7, 11) is 0. The summed E-state index contributed by atoms with van der Waals surface area (Å²) in [6.07, 6.45) is 4.92. The molecule has 0 unspecified atom stereocenters. The Kier molecular flexibility index (Phi) is 6.72. The number of rotatable bonds is 6. The minimum Gasteiger partial charge on any atom is -0.507 e. The van der Waals surface area contributed by atoms with Crippen LogP contribution < -0.4 is 10.3 Å². The Morgan fingerprint density at radius 1 is 1.03 bits per heavy atom. The molecule has 164 valence electrons. The van der Waals surface area contributed by atoms with E-state index in [1.807, 2.05) is 36.5 Å². The highest BCUT2D eigenvalue weighted by Gasteiger charge is 2.20. The van der Waals surface area contributed by atoms with Crippen molar-refractivity contribution < 1.29 is 9.90 Å². The molecule has 4 rings (SSSR count). The maximum absolute atomic E-state index is 12.2.